The van der Waals surface area contributed by atoms with Crippen molar-refractivity contribution in [2.24, 2.45) is 4.36 Å². The van der Waals surface area contributed by atoms with Crippen molar-refractivity contribution in [3.63, 3.8) is 0 Å². The van der Waals surface area contributed by atoms with Crippen LogP contribution in [-0.2, 0) is 35.6 Å². The fraction of sp³-hybridized carbons (Fsp3) is 0.333. The largest absolute Gasteiger partial charge is 0.497 e. The van der Waals surface area contributed by atoms with E-state index in [-0.39, 0.29) is 4.90 Å². The third kappa shape index (κ3) is 3.66. The summed E-state index contributed by atoms with van der Waals surface area (Å²) in [6, 6.07) is 7.93. The number of hydrogen-bond donors (Lipinski definition) is 2. The standard InChI is InChI=1S/C21H22N4O3S/c1-28-16-8-10-17(11-9-16)29(27,23-13-22)25-21(26)24-20-18-6-2-4-14(18)12-15-5-3-7-19(15)20/h8-12H,2-7H2,1H3,(H2,23,24,25,26,27). The molecule has 150 valence electrons. The molecule has 29 heavy (non-hydrogen) atoms. The zero-order valence-electron chi connectivity index (χ0n) is 16.2. The van der Waals surface area contributed by atoms with E-state index in [0.717, 1.165) is 44.2 Å². The summed E-state index contributed by atoms with van der Waals surface area (Å²) in [5, 5.41) is 12.0. The topological polar surface area (TPSA) is 104 Å². The molecule has 0 heterocycles. The minimum Gasteiger partial charge on any atom is -0.497 e. The van der Waals surface area contributed by atoms with E-state index >= 15 is 0 Å². The maximum absolute atomic E-state index is 13.3. The third-order valence-electron chi connectivity index (χ3n) is 5.49. The van der Waals surface area contributed by atoms with Gasteiger partial charge in [-0.3, -0.25) is 0 Å². The molecule has 2 aliphatic rings. The maximum Gasteiger partial charge on any atom is 0.331 e. The van der Waals surface area contributed by atoms with Crippen LogP contribution in [0.4, 0.5) is 10.5 Å². The molecule has 0 aliphatic heterocycles. The third-order valence-corrected chi connectivity index (χ3v) is 7.20. The van der Waals surface area contributed by atoms with Crippen LogP contribution in [0.25, 0.3) is 0 Å². The number of carbonyl (C=O) groups excluding carboxylic acids is 1. The van der Waals surface area contributed by atoms with Crippen LogP contribution in [0, 0.1) is 11.5 Å². The predicted molar refractivity (Wildman–Crippen MR) is 110 cm³/mol. The number of fused-ring (bicyclic) bond motifs is 2. The second kappa shape index (κ2) is 7.76. The summed E-state index contributed by atoms with van der Waals surface area (Å²) in [4.78, 5) is 13.0. The van der Waals surface area contributed by atoms with Crippen LogP contribution < -0.4 is 14.8 Å². The Morgan fingerprint density at radius 2 is 1.72 bits per heavy atom. The van der Waals surface area contributed by atoms with Crippen molar-refractivity contribution in [1.82, 2.24) is 4.72 Å². The minimum absolute atomic E-state index is 0.235. The highest BCUT2D eigenvalue weighted by atomic mass is 32.2. The molecule has 4 rings (SSSR count). The molecule has 0 spiro atoms. The first kappa shape index (κ1) is 19.3. The zero-order valence-corrected chi connectivity index (χ0v) is 17.0. The number of aryl methyl sites for hydroxylation is 2. The quantitative estimate of drug-likeness (QED) is 0.750. The van der Waals surface area contributed by atoms with Crippen LogP contribution in [0.15, 0.2) is 39.6 Å². The number of nitriles is 1. The first-order valence-electron chi connectivity index (χ1n) is 9.58. The van der Waals surface area contributed by atoms with Gasteiger partial charge >= 0.3 is 6.03 Å². The van der Waals surface area contributed by atoms with Crippen LogP contribution in [0.2, 0.25) is 0 Å². The van der Waals surface area contributed by atoms with Crippen molar-refractivity contribution < 1.29 is 13.7 Å². The number of methoxy groups -OCH3 is 1. The smallest absolute Gasteiger partial charge is 0.331 e. The number of amides is 2. The lowest BCUT2D eigenvalue weighted by atomic mass is 9.99. The number of rotatable bonds is 4. The molecule has 2 N–H and O–H groups in total. The number of hydrogen-bond acceptors (Lipinski definition) is 5. The summed E-state index contributed by atoms with van der Waals surface area (Å²) in [6.45, 7) is 0. The highest BCUT2D eigenvalue weighted by molar-refractivity contribution is 7.92. The second-order valence-electron chi connectivity index (χ2n) is 7.18. The van der Waals surface area contributed by atoms with Gasteiger partial charge in [-0.05, 0) is 85.0 Å². The van der Waals surface area contributed by atoms with Crippen LogP contribution in [0.1, 0.15) is 35.1 Å². The highest BCUT2D eigenvalue weighted by Gasteiger charge is 2.26. The summed E-state index contributed by atoms with van der Waals surface area (Å²) < 4.78 is 24.3. The molecule has 2 aliphatic carbocycles. The Morgan fingerprint density at radius 3 is 2.28 bits per heavy atom. The lowest BCUT2D eigenvalue weighted by Crippen LogP contribution is -2.34. The summed E-state index contributed by atoms with van der Waals surface area (Å²) in [7, 11) is -1.92. The van der Waals surface area contributed by atoms with Gasteiger partial charge in [0.05, 0.1) is 12.0 Å². The van der Waals surface area contributed by atoms with Crippen LogP contribution in [0.5, 0.6) is 5.75 Å². The number of urea groups is 1. The first-order chi connectivity index (χ1) is 14.0. The molecule has 0 radical (unpaired) electrons. The molecule has 7 nitrogen and oxygen atoms in total. The van der Waals surface area contributed by atoms with E-state index in [1.54, 1.807) is 18.3 Å². The molecule has 2 aromatic rings. The lowest BCUT2D eigenvalue weighted by Gasteiger charge is -2.17. The molecular weight excluding hydrogens is 388 g/mol. The van der Waals surface area contributed by atoms with E-state index in [2.05, 4.69) is 20.5 Å². The van der Waals surface area contributed by atoms with Crippen molar-refractivity contribution >= 4 is 21.6 Å². The molecular formula is C21H22N4O3S. The Hall–Kier alpha value is -3.05. The molecule has 1 unspecified atom stereocenters. The summed E-state index contributed by atoms with van der Waals surface area (Å²) in [6.07, 6.45) is 7.59. The Bertz CT molecular complexity index is 1090. The Morgan fingerprint density at radius 1 is 1.10 bits per heavy atom. The minimum atomic E-state index is -3.44. The number of nitrogens with zero attached hydrogens (tertiary/aromatic N) is 2. The number of ether oxygens (including phenoxy) is 1. The van der Waals surface area contributed by atoms with E-state index in [4.69, 9.17) is 10.00 Å². The van der Waals surface area contributed by atoms with E-state index in [9.17, 15) is 9.00 Å². The summed E-state index contributed by atoms with van der Waals surface area (Å²) in [5.74, 6) is 0.576. The average Bonchev–Trinajstić information content (AvgIpc) is 3.37. The van der Waals surface area contributed by atoms with E-state index < -0.39 is 15.9 Å². The monoisotopic (exact) mass is 410 g/mol. The van der Waals surface area contributed by atoms with Crippen LogP contribution in [-0.4, -0.2) is 17.3 Å². The van der Waals surface area contributed by atoms with Gasteiger partial charge in [0.1, 0.15) is 5.75 Å². The molecule has 0 saturated carbocycles. The van der Waals surface area contributed by atoms with Crippen molar-refractivity contribution in [1.29, 1.82) is 5.26 Å². The van der Waals surface area contributed by atoms with Gasteiger partial charge in [0.15, 0.2) is 9.92 Å². The average molecular weight is 410 g/mol. The Balaban J connectivity index is 1.63. The summed E-state index contributed by atoms with van der Waals surface area (Å²) >= 11 is 0. The van der Waals surface area contributed by atoms with Gasteiger partial charge in [0.2, 0.25) is 6.19 Å². The number of benzene rings is 2. The van der Waals surface area contributed by atoms with Crippen molar-refractivity contribution in [3.8, 4) is 11.9 Å². The van der Waals surface area contributed by atoms with Gasteiger partial charge in [-0.25, -0.2) is 13.7 Å². The number of anilines is 1. The molecule has 0 aromatic heterocycles. The molecule has 2 aromatic carbocycles. The van der Waals surface area contributed by atoms with E-state index in [1.165, 1.54) is 41.5 Å². The SMILES string of the molecule is COc1ccc(S(=O)(=NC#N)NC(=O)Nc2c3c(cc4c2CCC4)CCC3)cc1. The van der Waals surface area contributed by atoms with Gasteiger partial charge < -0.3 is 10.1 Å². The second-order valence-corrected chi connectivity index (χ2v) is 9.09. The lowest BCUT2D eigenvalue weighted by molar-refractivity contribution is 0.256. The Kier molecular flexibility index (Phi) is 5.16. The van der Waals surface area contributed by atoms with Crippen molar-refractivity contribution in [3.05, 3.63) is 52.6 Å². The molecule has 0 fully saturated rings. The van der Waals surface area contributed by atoms with Crippen molar-refractivity contribution in [2.45, 2.75) is 43.4 Å². The molecule has 1 atom stereocenters. The van der Waals surface area contributed by atoms with Gasteiger partial charge in [0, 0.05) is 5.69 Å². The van der Waals surface area contributed by atoms with Gasteiger partial charge in [0.25, 0.3) is 0 Å². The van der Waals surface area contributed by atoms with E-state index in [0.29, 0.717) is 5.75 Å². The van der Waals surface area contributed by atoms with Gasteiger partial charge in [-0.15, -0.1) is 0 Å². The van der Waals surface area contributed by atoms with Crippen LogP contribution in [0.3, 0.4) is 0 Å². The van der Waals surface area contributed by atoms with E-state index in [1.807, 2.05) is 0 Å². The first-order valence-corrected chi connectivity index (χ1v) is 11.1. The fourth-order valence-electron chi connectivity index (χ4n) is 4.18. The van der Waals surface area contributed by atoms with Crippen molar-refractivity contribution in [2.75, 3.05) is 12.4 Å². The number of carbonyl (C=O) groups is 1. The number of nitrogens with one attached hydrogen (secondary N) is 2. The maximum atomic E-state index is 13.3. The highest BCUT2D eigenvalue weighted by Crippen LogP contribution is 2.38. The molecule has 2 amide bonds. The molecule has 0 bridgehead atoms. The Labute approximate surface area is 170 Å². The normalized spacial score (nSPS) is 16.1. The fourth-order valence-corrected chi connectivity index (χ4v) is 5.38. The predicted octanol–water partition coefficient (Wildman–Crippen LogP) is 3.72. The molecule has 0 saturated heterocycles. The van der Waals surface area contributed by atoms with Gasteiger partial charge in [-0.1, -0.05) is 10.4 Å². The summed E-state index contributed by atoms with van der Waals surface area (Å²) in [5.41, 5.74) is 5.78. The molecule has 8 heteroatoms. The van der Waals surface area contributed by atoms with Crippen LogP contribution >= 0.6 is 0 Å². The zero-order chi connectivity index (χ0) is 20.4. The van der Waals surface area contributed by atoms with Gasteiger partial charge in [-0.2, -0.15) is 5.26 Å².